The zero-order valence-corrected chi connectivity index (χ0v) is 15.0. The summed E-state index contributed by atoms with van der Waals surface area (Å²) in [6, 6.07) is 14.8. The Morgan fingerprint density at radius 2 is 1.85 bits per heavy atom. The Bertz CT molecular complexity index is 821. The van der Waals surface area contributed by atoms with E-state index in [9.17, 15) is 14.4 Å². The number of piperazine rings is 1. The lowest BCUT2D eigenvalue weighted by Crippen LogP contribution is -2.58. The third-order valence-electron chi connectivity index (χ3n) is 4.36. The van der Waals surface area contributed by atoms with Crippen molar-refractivity contribution in [2.45, 2.75) is 12.5 Å². The zero-order chi connectivity index (χ0) is 19.2. The average Bonchev–Trinajstić information content (AvgIpc) is 2.70. The molecule has 3 amide bonds. The summed E-state index contributed by atoms with van der Waals surface area (Å²) in [5.41, 5.74) is 1.09. The van der Waals surface area contributed by atoms with E-state index in [1.165, 1.54) is 4.90 Å². The number of ether oxygens (including phenoxy) is 1. The van der Waals surface area contributed by atoms with Gasteiger partial charge in [0.25, 0.3) is 5.91 Å². The number of methoxy groups -OCH3 is 1. The van der Waals surface area contributed by atoms with E-state index in [1.54, 1.807) is 55.6 Å². The molecule has 3 rings (SSSR count). The minimum Gasteiger partial charge on any atom is -0.497 e. The molecule has 0 aromatic heterocycles. The molecule has 0 unspecified atom stereocenters. The fraction of sp³-hybridized carbons (Fsp3) is 0.250. The monoisotopic (exact) mass is 367 g/mol. The molecule has 7 heteroatoms. The topological polar surface area (TPSA) is 87.7 Å². The highest BCUT2D eigenvalue weighted by Crippen LogP contribution is 2.17. The van der Waals surface area contributed by atoms with Gasteiger partial charge in [0.2, 0.25) is 11.8 Å². The molecule has 2 aromatic carbocycles. The maximum atomic E-state index is 12.8. The molecular formula is C20H21N3O4. The summed E-state index contributed by atoms with van der Waals surface area (Å²) >= 11 is 0. The highest BCUT2D eigenvalue weighted by Gasteiger charge is 2.35. The number of carbonyl (C=O) groups is 3. The van der Waals surface area contributed by atoms with E-state index >= 15 is 0 Å². The molecule has 0 saturated carbocycles. The van der Waals surface area contributed by atoms with E-state index in [1.807, 2.05) is 6.07 Å². The smallest absolute Gasteiger partial charge is 0.254 e. The van der Waals surface area contributed by atoms with Crippen molar-refractivity contribution in [3.8, 4) is 5.75 Å². The van der Waals surface area contributed by atoms with E-state index in [0.717, 1.165) is 0 Å². The number of anilines is 1. The van der Waals surface area contributed by atoms with E-state index in [-0.39, 0.29) is 24.1 Å². The Morgan fingerprint density at radius 1 is 1.15 bits per heavy atom. The largest absolute Gasteiger partial charge is 0.497 e. The molecule has 1 aliphatic heterocycles. The lowest BCUT2D eigenvalue weighted by Gasteiger charge is -2.34. The van der Waals surface area contributed by atoms with Crippen LogP contribution in [0.1, 0.15) is 16.8 Å². The third-order valence-corrected chi connectivity index (χ3v) is 4.36. The van der Waals surface area contributed by atoms with Crippen LogP contribution in [0, 0.1) is 0 Å². The number of carbonyl (C=O) groups excluding carboxylic acids is 3. The van der Waals surface area contributed by atoms with Crippen molar-refractivity contribution in [1.29, 1.82) is 0 Å². The van der Waals surface area contributed by atoms with Crippen molar-refractivity contribution in [2.24, 2.45) is 0 Å². The summed E-state index contributed by atoms with van der Waals surface area (Å²) in [5.74, 6) is -0.240. The van der Waals surface area contributed by atoms with Gasteiger partial charge in [-0.25, -0.2) is 0 Å². The van der Waals surface area contributed by atoms with Gasteiger partial charge in [0.15, 0.2) is 0 Å². The molecule has 1 heterocycles. The van der Waals surface area contributed by atoms with Gasteiger partial charge in [0, 0.05) is 24.3 Å². The van der Waals surface area contributed by atoms with Gasteiger partial charge in [-0.05, 0) is 36.4 Å². The standard InChI is InChI=1S/C20H21N3O4/c1-27-16-9-7-15(8-10-16)22-18(24)13-17-19(25)21-11-12-23(17)20(26)14-5-3-2-4-6-14/h2-10,17H,11-13H2,1H3,(H,21,25)(H,22,24)/t17-/m1/s1. The van der Waals surface area contributed by atoms with Crippen molar-refractivity contribution in [2.75, 3.05) is 25.5 Å². The van der Waals surface area contributed by atoms with E-state index in [0.29, 0.717) is 30.1 Å². The first-order valence-corrected chi connectivity index (χ1v) is 8.66. The molecule has 0 aliphatic carbocycles. The second-order valence-electron chi connectivity index (χ2n) is 6.15. The molecule has 140 valence electrons. The van der Waals surface area contributed by atoms with Crippen LogP contribution in [0.5, 0.6) is 5.75 Å². The number of hydrogen-bond acceptors (Lipinski definition) is 4. The van der Waals surface area contributed by atoms with E-state index in [2.05, 4.69) is 10.6 Å². The Kier molecular flexibility index (Phi) is 5.71. The summed E-state index contributed by atoms with van der Waals surface area (Å²) in [7, 11) is 1.56. The molecule has 1 aliphatic rings. The summed E-state index contributed by atoms with van der Waals surface area (Å²) in [5, 5.41) is 5.47. The molecule has 0 bridgehead atoms. The van der Waals surface area contributed by atoms with Crippen LogP contribution in [0.4, 0.5) is 5.69 Å². The summed E-state index contributed by atoms with van der Waals surface area (Å²) in [6.07, 6.45) is -0.115. The summed E-state index contributed by atoms with van der Waals surface area (Å²) < 4.78 is 5.08. The number of nitrogens with zero attached hydrogens (tertiary/aromatic N) is 1. The highest BCUT2D eigenvalue weighted by atomic mass is 16.5. The van der Waals surface area contributed by atoms with Crippen molar-refractivity contribution in [3.63, 3.8) is 0 Å². The maximum absolute atomic E-state index is 12.8. The van der Waals surface area contributed by atoms with Crippen LogP contribution in [-0.4, -0.2) is 48.9 Å². The van der Waals surface area contributed by atoms with Crippen molar-refractivity contribution in [1.82, 2.24) is 10.2 Å². The number of hydrogen-bond donors (Lipinski definition) is 2. The Hall–Kier alpha value is -3.35. The van der Waals surface area contributed by atoms with Gasteiger partial charge in [-0.15, -0.1) is 0 Å². The Morgan fingerprint density at radius 3 is 2.52 bits per heavy atom. The Balaban J connectivity index is 1.70. The van der Waals surface area contributed by atoms with Gasteiger partial charge in [-0.3, -0.25) is 14.4 Å². The van der Waals surface area contributed by atoms with Crippen LogP contribution >= 0.6 is 0 Å². The summed E-state index contributed by atoms with van der Waals surface area (Å²) in [4.78, 5) is 39.0. The number of amides is 3. The van der Waals surface area contributed by atoms with Gasteiger partial charge in [-0.1, -0.05) is 18.2 Å². The van der Waals surface area contributed by atoms with Gasteiger partial charge in [0.05, 0.1) is 13.5 Å². The van der Waals surface area contributed by atoms with E-state index in [4.69, 9.17) is 4.74 Å². The average molecular weight is 367 g/mol. The van der Waals surface area contributed by atoms with Crippen LogP contribution in [0.15, 0.2) is 54.6 Å². The molecule has 0 radical (unpaired) electrons. The minimum absolute atomic E-state index is 0.115. The lowest BCUT2D eigenvalue weighted by atomic mass is 10.1. The fourth-order valence-corrected chi connectivity index (χ4v) is 2.97. The molecule has 1 saturated heterocycles. The highest BCUT2D eigenvalue weighted by molar-refractivity contribution is 6.01. The molecule has 27 heavy (non-hydrogen) atoms. The molecule has 7 nitrogen and oxygen atoms in total. The van der Waals surface area contributed by atoms with Crippen molar-refractivity contribution in [3.05, 3.63) is 60.2 Å². The van der Waals surface area contributed by atoms with Crippen LogP contribution in [0.25, 0.3) is 0 Å². The quantitative estimate of drug-likeness (QED) is 0.841. The van der Waals surface area contributed by atoms with Crippen LogP contribution in [-0.2, 0) is 9.59 Å². The van der Waals surface area contributed by atoms with Crippen molar-refractivity contribution >= 4 is 23.4 Å². The zero-order valence-electron chi connectivity index (χ0n) is 15.0. The number of nitrogens with one attached hydrogen (secondary N) is 2. The van der Waals surface area contributed by atoms with Crippen LogP contribution in [0.2, 0.25) is 0 Å². The van der Waals surface area contributed by atoms with Crippen LogP contribution in [0.3, 0.4) is 0 Å². The van der Waals surface area contributed by atoms with Gasteiger partial charge in [-0.2, -0.15) is 0 Å². The summed E-state index contributed by atoms with van der Waals surface area (Å²) in [6.45, 7) is 0.730. The van der Waals surface area contributed by atoms with Crippen molar-refractivity contribution < 1.29 is 19.1 Å². The maximum Gasteiger partial charge on any atom is 0.254 e. The molecular weight excluding hydrogens is 346 g/mol. The lowest BCUT2D eigenvalue weighted by molar-refractivity contribution is -0.131. The third kappa shape index (κ3) is 4.44. The van der Waals surface area contributed by atoms with E-state index < -0.39 is 6.04 Å². The number of rotatable bonds is 5. The SMILES string of the molecule is COc1ccc(NC(=O)C[C@@H]2C(=O)NCCN2C(=O)c2ccccc2)cc1. The second kappa shape index (κ2) is 8.35. The fourth-order valence-electron chi connectivity index (χ4n) is 2.97. The van der Waals surface area contributed by atoms with Gasteiger partial charge >= 0.3 is 0 Å². The first kappa shape index (κ1) is 18.4. The van der Waals surface area contributed by atoms with Gasteiger partial charge < -0.3 is 20.3 Å². The predicted molar refractivity (Wildman–Crippen MR) is 101 cm³/mol. The molecule has 0 spiro atoms. The second-order valence-corrected chi connectivity index (χ2v) is 6.15. The Labute approximate surface area is 157 Å². The van der Waals surface area contributed by atoms with Gasteiger partial charge in [0.1, 0.15) is 11.8 Å². The molecule has 1 fully saturated rings. The normalized spacial score (nSPS) is 16.4. The molecule has 2 aromatic rings. The molecule has 1 atom stereocenters. The first-order chi connectivity index (χ1) is 13.1. The molecule has 2 N–H and O–H groups in total. The minimum atomic E-state index is -0.843. The number of benzene rings is 2. The predicted octanol–water partition coefficient (Wildman–Crippen LogP) is 1.66. The van der Waals surface area contributed by atoms with Crippen LogP contribution < -0.4 is 15.4 Å². The first-order valence-electron chi connectivity index (χ1n) is 8.66.